The van der Waals surface area contributed by atoms with Crippen LogP contribution in [0.3, 0.4) is 0 Å². The molecule has 1 atom stereocenters. The molecule has 1 aliphatic carbocycles. The van der Waals surface area contributed by atoms with Crippen molar-refractivity contribution in [3.8, 4) is 0 Å². The SMILES string of the molecule is COC(=O)c1ccccc1NC(C)c1cc(C)cc2c(=O)n(C)c(C3CCCCC3)nc12. The van der Waals surface area contributed by atoms with Gasteiger partial charge in [0.25, 0.3) is 5.56 Å². The molecule has 0 aliphatic heterocycles. The fourth-order valence-electron chi connectivity index (χ4n) is 4.83. The molecular weight excluding hydrogens is 402 g/mol. The first kappa shape index (κ1) is 22.1. The van der Waals surface area contributed by atoms with E-state index in [1.54, 1.807) is 10.6 Å². The van der Waals surface area contributed by atoms with E-state index in [-0.39, 0.29) is 17.6 Å². The van der Waals surface area contributed by atoms with Crippen LogP contribution in [0.15, 0.2) is 41.2 Å². The number of hydrogen-bond donors (Lipinski definition) is 1. The van der Waals surface area contributed by atoms with Gasteiger partial charge in [-0.1, -0.05) is 37.5 Å². The lowest BCUT2D eigenvalue weighted by Crippen LogP contribution is -2.26. The summed E-state index contributed by atoms with van der Waals surface area (Å²) < 4.78 is 6.67. The minimum atomic E-state index is -0.388. The third kappa shape index (κ3) is 4.14. The lowest BCUT2D eigenvalue weighted by atomic mass is 9.88. The monoisotopic (exact) mass is 433 g/mol. The molecule has 0 radical (unpaired) electrons. The van der Waals surface area contributed by atoms with Crippen LogP contribution in [-0.4, -0.2) is 22.6 Å². The van der Waals surface area contributed by atoms with Gasteiger partial charge in [-0.15, -0.1) is 0 Å². The zero-order valence-electron chi connectivity index (χ0n) is 19.3. The highest BCUT2D eigenvalue weighted by Crippen LogP contribution is 2.33. The second-order valence-electron chi connectivity index (χ2n) is 8.82. The van der Waals surface area contributed by atoms with Crippen LogP contribution in [0.2, 0.25) is 0 Å². The van der Waals surface area contributed by atoms with Crippen molar-refractivity contribution in [2.75, 3.05) is 12.4 Å². The first-order valence-electron chi connectivity index (χ1n) is 11.4. The van der Waals surface area contributed by atoms with E-state index in [1.165, 1.54) is 26.4 Å². The number of fused-ring (bicyclic) bond motifs is 1. The fourth-order valence-corrected chi connectivity index (χ4v) is 4.83. The van der Waals surface area contributed by atoms with Crippen molar-refractivity contribution in [2.45, 2.75) is 57.9 Å². The van der Waals surface area contributed by atoms with Crippen LogP contribution in [-0.2, 0) is 11.8 Å². The summed E-state index contributed by atoms with van der Waals surface area (Å²) >= 11 is 0. The van der Waals surface area contributed by atoms with Gasteiger partial charge >= 0.3 is 5.97 Å². The van der Waals surface area contributed by atoms with E-state index in [0.29, 0.717) is 22.6 Å². The quantitative estimate of drug-likeness (QED) is 0.557. The van der Waals surface area contributed by atoms with Crippen molar-refractivity contribution < 1.29 is 9.53 Å². The number of esters is 1. The first-order valence-corrected chi connectivity index (χ1v) is 11.4. The molecule has 6 nitrogen and oxygen atoms in total. The average molecular weight is 434 g/mol. The molecule has 6 heteroatoms. The van der Waals surface area contributed by atoms with Crippen molar-refractivity contribution in [3.05, 3.63) is 69.3 Å². The highest BCUT2D eigenvalue weighted by molar-refractivity contribution is 5.95. The Morgan fingerprint density at radius 2 is 1.91 bits per heavy atom. The molecule has 168 valence electrons. The van der Waals surface area contributed by atoms with Gasteiger partial charge in [0, 0.05) is 24.2 Å². The van der Waals surface area contributed by atoms with Crippen LogP contribution < -0.4 is 10.9 Å². The van der Waals surface area contributed by atoms with Gasteiger partial charge in [-0.05, 0) is 50.5 Å². The van der Waals surface area contributed by atoms with Gasteiger partial charge in [0.05, 0.1) is 29.6 Å². The van der Waals surface area contributed by atoms with Crippen LogP contribution in [0.1, 0.15) is 78.3 Å². The number of ether oxygens (including phenoxy) is 1. The molecule has 1 N–H and O–H groups in total. The Bertz CT molecular complexity index is 1210. The van der Waals surface area contributed by atoms with Crippen LogP contribution in [0, 0.1) is 6.92 Å². The standard InChI is InChI=1S/C26H31N3O3/c1-16-14-20(17(2)27-22-13-9-8-12-19(22)26(31)32-4)23-21(15-16)25(30)29(3)24(28-23)18-10-6-5-7-11-18/h8-9,12-15,17-18,27H,5-7,10-11H2,1-4H3. The maximum absolute atomic E-state index is 13.3. The highest BCUT2D eigenvalue weighted by atomic mass is 16.5. The Kier molecular flexibility index (Phi) is 6.31. The number of rotatable bonds is 5. The Hall–Kier alpha value is -3.15. The van der Waals surface area contributed by atoms with E-state index in [9.17, 15) is 9.59 Å². The number of anilines is 1. The molecule has 1 saturated carbocycles. The van der Waals surface area contributed by atoms with Crippen LogP contribution in [0.5, 0.6) is 0 Å². The maximum Gasteiger partial charge on any atom is 0.339 e. The number of para-hydroxylation sites is 1. The van der Waals surface area contributed by atoms with E-state index < -0.39 is 0 Å². The molecule has 2 aromatic carbocycles. The van der Waals surface area contributed by atoms with Gasteiger partial charge in [-0.3, -0.25) is 9.36 Å². The van der Waals surface area contributed by atoms with E-state index in [1.807, 2.05) is 45.2 Å². The topological polar surface area (TPSA) is 73.2 Å². The number of aromatic nitrogens is 2. The van der Waals surface area contributed by atoms with Crippen molar-refractivity contribution in [2.24, 2.45) is 7.05 Å². The molecule has 4 rings (SSSR count). The van der Waals surface area contributed by atoms with E-state index in [0.717, 1.165) is 35.3 Å². The molecule has 32 heavy (non-hydrogen) atoms. The number of nitrogens with zero attached hydrogens (tertiary/aromatic N) is 2. The zero-order valence-corrected chi connectivity index (χ0v) is 19.3. The molecular formula is C26H31N3O3. The number of carbonyl (C=O) groups is 1. The van der Waals surface area contributed by atoms with E-state index >= 15 is 0 Å². The van der Waals surface area contributed by atoms with Crippen molar-refractivity contribution in [3.63, 3.8) is 0 Å². The molecule has 0 saturated heterocycles. The molecule has 0 amide bonds. The average Bonchev–Trinajstić information content (AvgIpc) is 2.81. The number of hydrogen-bond acceptors (Lipinski definition) is 5. The Morgan fingerprint density at radius 1 is 1.19 bits per heavy atom. The molecule has 3 aromatic rings. The largest absolute Gasteiger partial charge is 0.465 e. The van der Waals surface area contributed by atoms with Gasteiger partial charge in [0.15, 0.2) is 0 Å². The molecule has 1 aromatic heterocycles. The summed E-state index contributed by atoms with van der Waals surface area (Å²) in [5, 5.41) is 4.08. The highest BCUT2D eigenvalue weighted by Gasteiger charge is 2.23. The number of benzene rings is 2. The van der Waals surface area contributed by atoms with Crippen LogP contribution in [0.4, 0.5) is 5.69 Å². The molecule has 1 aliphatic rings. The van der Waals surface area contributed by atoms with Crippen molar-refractivity contribution >= 4 is 22.6 Å². The molecule has 1 unspecified atom stereocenters. The third-order valence-corrected chi connectivity index (χ3v) is 6.53. The van der Waals surface area contributed by atoms with Gasteiger partial charge in [0.2, 0.25) is 0 Å². The summed E-state index contributed by atoms with van der Waals surface area (Å²) in [5.41, 5.74) is 3.88. The second-order valence-corrected chi connectivity index (χ2v) is 8.82. The van der Waals surface area contributed by atoms with Gasteiger partial charge in [-0.2, -0.15) is 0 Å². The summed E-state index contributed by atoms with van der Waals surface area (Å²) in [7, 11) is 3.22. The minimum Gasteiger partial charge on any atom is -0.465 e. The Labute approximate surface area is 188 Å². The number of aryl methyl sites for hydroxylation is 1. The molecule has 0 spiro atoms. The predicted molar refractivity (Wildman–Crippen MR) is 127 cm³/mol. The first-order chi connectivity index (χ1) is 15.4. The third-order valence-electron chi connectivity index (χ3n) is 6.53. The summed E-state index contributed by atoms with van der Waals surface area (Å²) in [6.45, 7) is 4.02. The normalized spacial score (nSPS) is 15.5. The van der Waals surface area contributed by atoms with Crippen LogP contribution in [0.25, 0.3) is 10.9 Å². The molecule has 1 heterocycles. The summed E-state index contributed by atoms with van der Waals surface area (Å²) in [5.74, 6) is 0.818. The van der Waals surface area contributed by atoms with Crippen LogP contribution >= 0.6 is 0 Å². The smallest absolute Gasteiger partial charge is 0.339 e. The summed E-state index contributed by atoms with van der Waals surface area (Å²) in [6.07, 6.45) is 5.77. The van der Waals surface area contributed by atoms with Crippen molar-refractivity contribution in [1.82, 2.24) is 9.55 Å². The summed E-state index contributed by atoms with van der Waals surface area (Å²) in [6, 6.07) is 11.1. The van der Waals surface area contributed by atoms with Gasteiger partial charge in [-0.25, -0.2) is 9.78 Å². The van der Waals surface area contributed by atoms with Gasteiger partial charge in [0.1, 0.15) is 5.82 Å². The minimum absolute atomic E-state index is 0.00249. The zero-order chi connectivity index (χ0) is 22.8. The molecule has 1 fully saturated rings. The number of nitrogens with one attached hydrogen (secondary N) is 1. The Balaban J connectivity index is 1.81. The lowest BCUT2D eigenvalue weighted by Gasteiger charge is -2.25. The van der Waals surface area contributed by atoms with E-state index in [2.05, 4.69) is 11.4 Å². The van der Waals surface area contributed by atoms with Gasteiger partial charge < -0.3 is 10.1 Å². The van der Waals surface area contributed by atoms with Crippen molar-refractivity contribution in [1.29, 1.82) is 0 Å². The lowest BCUT2D eigenvalue weighted by molar-refractivity contribution is 0.0602. The van der Waals surface area contributed by atoms with E-state index in [4.69, 9.17) is 9.72 Å². The Morgan fingerprint density at radius 3 is 2.62 bits per heavy atom. The number of methoxy groups -OCH3 is 1. The fraction of sp³-hybridized carbons (Fsp3) is 0.423. The number of carbonyl (C=O) groups excluding carboxylic acids is 1. The maximum atomic E-state index is 13.3. The summed E-state index contributed by atoms with van der Waals surface area (Å²) in [4.78, 5) is 30.6. The molecule has 0 bridgehead atoms. The predicted octanol–water partition coefficient (Wildman–Crippen LogP) is 5.25. The second kappa shape index (κ2) is 9.15.